The van der Waals surface area contributed by atoms with Crippen LogP contribution in [0.4, 0.5) is 8.78 Å². The van der Waals surface area contributed by atoms with Gasteiger partial charge in [-0.2, -0.15) is 5.26 Å². The van der Waals surface area contributed by atoms with Crippen LogP contribution in [-0.2, 0) is 4.74 Å². The lowest BCUT2D eigenvalue weighted by atomic mass is 9.80. The fourth-order valence-electron chi connectivity index (χ4n) is 4.28. The number of ether oxygens (including phenoxy) is 1. The number of benzene rings is 2. The van der Waals surface area contributed by atoms with E-state index in [0.717, 1.165) is 24.1 Å². The monoisotopic (exact) mass is 419 g/mol. The van der Waals surface area contributed by atoms with Crippen LogP contribution in [-0.4, -0.2) is 24.5 Å². The summed E-state index contributed by atoms with van der Waals surface area (Å²) in [6.45, 7) is 4.12. The first-order chi connectivity index (χ1) is 15.0. The molecule has 0 bridgehead atoms. The number of halogens is 2. The molecule has 2 aromatic rings. The van der Waals surface area contributed by atoms with Gasteiger partial charge in [0.25, 0.3) is 0 Å². The lowest BCUT2D eigenvalue weighted by Crippen LogP contribution is -2.38. The fourth-order valence-corrected chi connectivity index (χ4v) is 4.28. The molecule has 2 aliphatic rings. The van der Waals surface area contributed by atoms with E-state index in [0.29, 0.717) is 30.0 Å². The predicted octanol–water partition coefficient (Wildman–Crippen LogP) is 4.84. The van der Waals surface area contributed by atoms with Crippen molar-refractivity contribution in [1.82, 2.24) is 4.90 Å². The molecule has 4 rings (SSSR count). The van der Waals surface area contributed by atoms with Crippen LogP contribution in [0.3, 0.4) is 0 Å². The molecule has 31 heavy (non-hydrogen) atoms. The maximum absolute atomic E-state index is 14.0. The maximum Gasteiger partial charge on any atom is 0.205 e. The minimum absolute atomic E-state index is 0.0181. The molecule has 0 unspecified atom stereocenters. The number of allylic oxidation sites excluding steroid dienone is 1. The van der Waals surface area contributed by atoms with Gasteiger partial charge in [-0.05, 0) is 60.0 Å². The minimum atomic E-state index is -0.500. The van der Waals surface area contributed by atoms with Crippen molar-refractivity contribution in [3.63, 3.8) is 0 Å². The summed E-state index contributed by atoms with van der Waals surface area (Å²) in [7, 11) is 0. The average molecular weight is 419 g/mol. The van der Waals surface area contributed by atoms with Crippen LogP contribution in [0.1, 0.15) is 30.4 Å². The molecule has 4 nitrogen and oxygen atoms in total. The molecule has 158 valence electrons. The Morgan fingerprint density at radius 2 is 1.90 bits per heavy atom. The molecule has 0 aliphatic carbocycles. The van der Waals surface area contributed by atoms with Crippen LogP contribution in [0.15, 0.2) is 76.9 Å². The van der Waals surface area contributed by atoms with Gasteiger partial charge in [-0.1, -0.05) is 31.2 Å². The molecule has 1 atom stereocenters. The zero-order chi connectivity index (χ0) is 22.0. The van der Waals surface area contributed by atoms with Gasteiger partial charge in [-0.3, -0.25) is 4.90 Å². The van der Waals surface area contributed by atoms with Gasteiger partial charge in [0.1, 0.15) is 29.0 Å². The van der Waals surface area contributed by atoms with Gasteiger partial charge in [0.05, 0.1) is 5.92 Å². The van der Waals surface area contributed by atoms with E-state index in [1.807, 2.05) is 12.1 Å². The van der Waals surface area contributed by atoms with E-state index in [1.54, 1.807) is 18.2 Å². The summed E-state index contributed by atoms with van der Waals surface area (Å²) in [6.07, 6.45) is 2.83. The number of rotatable bonds is 4. The van der Waals surface area contributed by atoms with Crippen LogP contribution in [0.2, 0.25) is 0 Å². The lowest BCUT2D eigenvalue weighted by molar-refractivity contribution is 0.234. The van der Waals surface area contributed by atoms with E-state index in [2.05, 4.69) is 17.9 Å². The second-order valence-electron chi connectivity index (χ2n) is 7.77. The molecular formula is C25H23F2N3O. The molecule has 2 heterocycles. The number of nitrogens with two attached hydrogens (primary N) is 1. The van der Waals surface area contributed by atoms with Gasteiger partial charge in [0.2, 0.25) is 5.88 Å². The molecule has 2 aliphatic heterocycles. The van der Waals surface area contributed by atoms with Crippen LogP contribution in [0.5, 0.6) is 0 Å². The van der Waals surface area contributed by atoms with Crippen molar-refractivity contribution in [3.8, 4) is 6.07 Å². The molecule has 2 N–H and O–H groups in total. The average Bonchev–Trinajstić information content (AvgIpc) is 2.73. The highest BCUT2D eigenvalue weighted by Crippen LogP contribution is 2.43. The Hall–Kier alpha value is -3.43. The lowest BCUT2D eigenvalue weighted by Gasteiger charge is -2.38. The van der Waals surface area contributed by atoms with E-state index in [-0.39, 0.29) is 23.1 Å². The zero-order valence-electron chi connectivity index (χ0n) is 17.2. The van der Waals surface area contributed by atoms with Crippen molar-refractivity contribution in [2.45, 2.75) is 19.3 Å². The van der Waals surface area contributed by atoms with Gasteiger partial charge in [0, 0.05) is 18.7 Å². The van der Waals surface area contributed by atoms with Gasteiger partial charge < -0.3 is 10.5 Å². The smallest absolute Gasteiger partial charge is 0.205 e. The minimum Gasteiger partial charge on any atom is -0.440 e. The summed E-state index contributed by atoms with van der Waals surface area (Å²) in [4.78, 5) is 2.25. The summed E-state index contributed by atoms with van der Waals surface area (Å²) in [5.74, 6) is -0.594. The van der Waals surface area contributed by atoms with Crippen molar-refractivity contribution in [2.24, 2.45) is 5.73 Å². The Kier molecular flexibility index (Phi) is 5.88. The van der Waals surface area contributed by atoms with E-state index in [9.17, 15) is 14.0 Å². The third kappa shape index (κ3) is 4.23. The Morgan fingerprint density at radius 3 is 2.58 bits per heavy atom. The normalized spacial score (nSPS) is 20.5. The third-order valence-corrected chi connectivity index (χ3v) is 5.52. The second kappa shape index (κ2) is 8.75. The summed E-state index contributed by atoms with van der Waals surface area (Å²) in [5, 5.41) is 9.80. The summed E-state index contributed by atoms with van der Waals surface area (Å²) in [6, 6.07) is 14.7. The second-order valence-corrected chi connectivity index (χ2v) is 7.77. The number of nitrogens with zero attached hydrogens (tertiary/aromatic N) is 2. The van der Waals surface area contributed by atoms with E-state index in [1.165, 1.54) is 24.3 Å². The van der Waals surface area contributed by atoms with Gasteiger partial charge >= 0.3 is 0 Å². The van der Waals surface area contributed by atoms with Crippen LogP contribution in [0.25, 0.3) is 6.08 Å². The largest absolute Gasteiger partial charge is 0.440 e. The zero-order valence-corrected chi connectivity index (χ0v) is 17.2. The first kappa shape index (κ1) is 20.8. The van der Waals surface area contributed by atoms with Crippen molar-refractivity contribution < 1.29 is 13.5 Å². The van der Waals surface area contributed by atoms with Crippen LogP contribution < -0.4 is 5.73 Å². The molecule has 0 fully saturated rings. The molecule has 0 saturated carbocycles. The molecular weight excluding hydrogens is 396 g/mol. The van der Waals surface area contributed by atoms with Crippen LogP contribution >= 0.6 is 0 Å². The van der Waals surface area contributed by atoms with E-state index in [4.69, 9.17) is 10.5 Å². The molecule has 0 aromatic heterocycles. The molecule has 0 radical (unpaired) electrons. The predicted molar refractivity (Wildman–Crippen MR) is 115 cm³/mol. The highest BCUT2D eigenvalue weighted by molar-refractivity contribution is 5.63. The molecule has 0 saturated heterocycles. The van der Waals surface area contributed by atoms with E-state index >= 15 is 0 Å². The Labute approximate surface area is 180 Å². The number of hydrogen-bond acceptors (Lipinski definition) is 4. The fraction of sp³-hybridized carbons (Fsp3) is 0.240. The van der Waals surface area contributed by atoms with Crippen molar-refractivity contribution >= 4 is 6.08 Å². The van der Waals surface area contributed by atoms with Crippen molar-refractivity contribution in [2.75, 3.05) is 19.6 Å². The molecule has 2 aromatic carbocycles. The van der Waals surface area contributed by atoms with Crippen molar-refractivity contribution in [1.29, 1.82) is 5.26 Å². The SMILES string of the molecule is CCCN1CC2=C(OC(N)=C(C#N)[C@@H]2c2cccc(F)c2)/C(=C/c2cccc(F)c2)C1. The highest BCUT2D eigenvalue weighted by Gasteiger charge is 2.37. The van der Waals surface area contributed by atoms with E-state index < -0.39 is 5.92 Å². The Balaban J connectivity index is 1.88. The molecule has 0 spiro atoms. The number of hydrogen-bond donors (Lipinski definition) is 1. The quantitative estimate of drug-likeness (QED) is 0.771. The summed E-state index contributed by atoms with van der Waals surface area (Å²) >= 11 is 0. The van der Waals surface area contributed by atoms with Gasteiger partial charge in [-0.25, -0.2) is 8.78 Å². The maximum atomic E-state index is 14.0. The molecule has 6 heteroatoms. The number of nitriles is 1. The van der Waals surface area contributed by atoms with Gasteiger partial charge in [0.15, 0.2) is 0 Å². The Bertz CT molecular complexity index is 1140. The van der Waals surface area contributed by atoms with Crippen LogP contribution in [0, 0.1) is 23.0 Å². The van der Waals surface area contributed by atoms with Gasteiger partial charge in [-0.15, -0.1) is 0 Å². The van der Waals surface area contributed by atoms with Crippen molar-refractivity contribution in [3.05, 3.63) is 99.7 Å². The molecule has 0 amide bonds. The first-order valence-corrected chi connectivity index (χ1v) is 10.2. The highest BCUT2D eigenvalue weighted by atomic mass is 19.1. The topological polar surface area (TPSA) is 62.3 Å². The Morgan fingerprint density at radius 1 is 1.16 bits per heavy atom. The summed E-state index contributed by atoms with van der Waals surface area (Å²) < 4.78 is 33.7. The first-order valence-electron chi connectivity index (χ1n) is 10.2. The third-order valence-electron chi connectivity index (χ3n) is 5.52. The standard InChI is InChI=1S/C25H23F2N3O/c1-2-9-30-14-18(10-16-5-3-7-19(26)11-16)24-22(15-30)23(21(13-28)25(29)31-24)17-6-4-8-20(27)12-17/h3-8,10-12,23H,2,9,14-15,29H2,1H3/b18-10+/t23-/m0/s1. The summed E-state index contributed by atoms with van der Waals surface area (Å²) in [5.41, 5.74) is 9.48.